The molecule has 0 amide bonds. The number of benzene rings is 2. The summed E-state index contributed by atoms with van der Waals surface area (Å²) in [5, 5.41) is 8.83. The first-order chi connectivity index (χ1) is 12.0. The summed E-state index contributed by atoms with van der Waals surface area (Å²) in [6.45, 7) is 4.69. The Morgan fingerprint density at radius 1 is 1.23 bits per heavy atom. The molecule has 26 heavy (non-hydrogen) atoms. The second-order valence-electron chi connectivity index (χ2n) is 5.14. The summed E-state index contributed by atoms with van der Waals surface area (Å²) >= 11 is 0. The smallest absolute Gasteiger partial charge is 0.457 e. The van der Waals surface area contributed by atoms with Gasteiger partial charge in [0, 0.05) is 11.6 Å². The lowest BCUT2D eigenvalue weighted by Crippen LogP contribution is -2.24. The first-order valence-corrected chi connectivity index (χ1v) is 8.45. The van der Waals surface area contributed by atoms with Crippen molar-refractivity contribution in [2.24, 2.45) is 0 Å². The number of nitrogens with zero attached hydrogens (tertiary/aromatic N) is 1. The van der Waals surface area contributed by atoms with E-state index in [-0.39, 0.29) is 28.2 Å². The molecule has 0 saturated carbocycles. The molecule has 0 aliphatic rings. The van der Waals surface area contributed by atoms with Gasteiger partial charge in [0.2, 0.25) is 0 Å². The van der Waals surface area contributed by atoms with Crippen molar-refractivity contribution in [3.8, 4) is 17.6 Å². The van der Waals surface area contributed by atoms with Crippen LogP contribution in [0, 0.1) is 24.1 Å². The van der Waals surface area contributed by atoms with Crippen molar-refractivity contribution in [3.05, 3.63) is 59.4 Å². The number of rotatable bonds is 4. The lowest BCUT2D eigenvalue weighted by molar-refractivity contribution is -0.0436. The molecule has 9 heteroatoms. The van der Waals surface area contributed by atoms with Crippen molar-refractivity contribution in [1.82, 2.24) is 0 Å². The lowest BCUT2D eigenvalue weighted by Gasteiger charge is -2.16. The average molecular weight is 385 g/mol. The quantitative estimate of drug-likeness (QED) is 0.714. The fourth-order valence-electron chi connectivity index (χ4n) is 2.22. The van der Waals surface area contributed by atoms with Crippen LogP contribution in [0.3, 0.4) is 0 Å². The third-order valence-corrected chi connectivity index (χ3v) is 5.00. The SMILES string of the molecule is C=Cc1c(S(=O)(=O)C(F)(F)F)ccc(Oc2cc(F)cc(C#N)c2)c1C. The van der Waals surface area contributed by atoms with Crippen molar-refractivity contribution in [2.45, 2.75) is 17.3 Å². The number of halogens is 4. The summed E-state index contributed by atoms with van der Waals surface area (Å²) in [6, 6.07) is 6.70. The van der Waals surface area contributed by atoms with Crippen LogP contribution in [0.15, 0.2) is 41.8 Å². The Balaban J connectivity index is 2.57. The minimum Gasteiger partial charge on any atom is -0.457 e. The van der Waals surface area contributed by atoms with Gasteiger partial charge in [-0.05, 0) is 36.8 Å². The molecule has 0 heterocycles. The molecule has 0 spiro atoms. The van der Waals surface area contributed by atoms with Gasteiger partial charge in [0.25, 0.3) is 9.84 Å². The Hall–Kier alpha value is -2.86. The van der Waals surface area contributed by atoms with Gasteiger partial charge < -0.3 is 4.74 Å². The summed E-state index contributed by atoms with van der Waals surface area (Å²) in [7, 11) is -5.58. The van der Waals surface area contributed by atoms with E-state index in [1.165, 1.54) is 13.0 Å². The molecule has 4 nitrogen and oxygen atoms in total. The highest BCUT2D eigenvalue weighted by atomic mass is 32.2. The van der Waals surface area contributed by atoms with Gasteiger partial charge in [-0.3, -0.25) is 0 Å². The minimum absolute atomic E-state index is 0.00415. The monoisotopic (exact) mass is 385 g/mol. The van der Waals surface area contributed by atoms with Gasteiger partial charge in [-0.15, -0.1) is 0 Å². The van der Waals surface area contributed by atoms with E-state index in [4.69, 9.17) is 10.00 Å². The number of ether oxygens (including phenoxy) is 1. The molecular weight excluding hydrogens is 374 g/mol. The number of sulfone groups is 1. The maximum absolute atomic E-state index is 13.5. The van der Waals surface area contributed by atoms with Gasteiger partial charge in [0.15, 0.2) is 0 Å². The van der Waals surface area contributed by atoms with Gasteiger partial charge in [0.1, 0.15) is 17.3 Å². The Morgan fingerprint density at radius 3 is 2.42 bits per heavy atom. The number of hydrogen-bond acceptors (Lipinski definition) is 4. The van der Waals surface area contributed by atoms with E-state index in [9.17, 15) is 26.0 Å². The Morgan fingerprint density at radius 2 is 1.88 bits per heavy atom. The minimum atomic E-state index is -5.58. The van der Waals surface area contributed by atoms with Crippen molar-refractivity contribution in [2.75, 3.05) is 0 Å². The molecule has 0 aliphatic carbocycles. The van der Waals surface area contributed by atoms with Crippen molar-refractivity contribution >= 4 is 15.9 Å². The average Bonchev–Trinajstić information content (AvgIpc) is 2.54. The summed E-state index contributed by atoms with van der Waals surface area (Å²) in [5.74, 6) is -0.807. The highest BCUT2D eigenvalue weighted by Gasteiger charge is 2.48. The topological polar surface area (TPSA) is 67.2 Å². The van der Waals surface area contributed by atoms with Crippen molar-refractivity contribution in [1.29, 1.82) is 5.26 Å². The van der Waals surface area contributed by atoms with Crippen LogP contribution in [0.4, 0.5) is 17.6 Å². The van der Waals surface area contributed by atoms with E-state index in [2.05, 4.69) is 6.58 Å². The zero-order chi connectivity index (χ0) is 19.7. The summed E-state index contributed by atoms with van der Waals surface area (Å²) in [5.41, 5.74) is -5.70. The van der Waals surface area contributed by atoms with Gasteiger partial charge in [-0.25, -0.2) is 12.8 Å². The zero-order valence-corrected chi connectivity index (χ0v) is 14.1. The van der Waals surface area contributed by atoms with Gasteiger partial charge >= 0.3 is 5.51 Å². The van der Waals surface area contributed by atoms with Gasteiger partial charge in [0.05, 0.1) is 16.5 Å². The van der Waals surface area contributed by atoms with Crippen LogP contribution in [0.1, 0.15) is 16.7 Å². The maximum atomic E-state index is 13.5. The fraction of sp³-hybridized carbons (Fsp3) is 0.118. The summed E-state index contributed by atoms with van der Waals surface area (Å²) in [4.78, 5) is -0.957. The molecule has 0 aliphatic heterocycles. The molecule has 0 fully saturated rings. The Labute approximate surface area is 146 Å². The van der Waals surface area contributed by atoms with Crippen LogP contribution in [-0.4, -0.2) is 13.9 Å². The largest absolute Gasteiger partial charge is 0.501 e. The van der Waals surface area contributed by atoms with E-state index < -0.39 is 26.1 Å². The second-order valence-corrected chi connectivity index (χ2v) is 7.05. The Bertz CT molecular complexity index is 1020. The predicted molar refractivity (Wildman–Crippen MR) is 85.7 cm³/mol. The van der Waals surface area contributed by atoms with Crippen LogP contribution in [0.25, 0.3) is 6.08 Å². The van der Waals surface area contributed by atoms with Crippen LogP contribution in [0.5, 0.6) is 11.5 Å². The molecule has 0 atom stereocenters. The predicted octanol–water partition coefficient (Wildman–Crippen LogP) is 4.73. The van der Waals surface area contributed by atoms with Crippen LogP contribution in [-0.2, 0) is 9.84 Å². The molecule has 0 bridgehead atoms. The zero-order valence-electron chi connectivity index (χ0n) is 13.3. The molecule has 0 N–H and O–H groups in total. The van der Waals surface area contributed by atoms with Crippen LogP contribution in [0.2, 0.25) is 0 Å². The molecule has 0 aromatic heterocycles. The molecule has 2 aromatic carbocycles. The standard InChI is InChI=1S/C17H11F4NO3S/c1-3-14-10(2)15(4-5-16(14)26(23,24)17(19,20)21)25-13-7-11(9-22)6-12(18)8-13/h3-8H,1H2,2H3. The van der Waals surface area contributed by atoms with E-state index in [0.717, 1.165) is 30.3 Å². The summed E-state index contributed by atoms with van der Waals surface area (Å²) < 4.78 is 80.7. The van der Waals surface area contributed by atoms with Gasteiger partial charge in [-0.2, -0.15) is 18.4 Å². The van der Waals surface area contributed by atoms with Crippen molar-refractivity contribution in [3.63, 3.8) is 0 Å². The van der Waals surface area contributed by atoms with Crippen LogP contribution >= 0.6 is 0 Å². The number of hydrogen-bond donors (Lipinski definition) is 0. The molecule has 2 aromatic rings. The number of nitriles is 1. The molecule has 136 valence electrons. The number of alkyl halides is 3. The Kier molecular flexibility index (Phi) is 5.09. The highest BCUT2D eigenvalue weighted by molar-refractivity contribution is 7.92. The molecule has 0 radical (unpaired) electrons. The van der Waals surface area contributed by atoms with E-state index in [1.807, 2.05) is 0 Å². The molecule has 0 unspecified atom stereocenters. The lowest BCUT2D eigenvalue weighted by atomic mass is 10.1. The first-order valence-electron chi connectivity index (χ1n) is 6.97. The maximum Gasteiger partial charge on any atom is 0.501 e. The third-order valence-electron chi connectivity index (χ3n) is 3.45. The molecule has 2 rings (SSSR count). The first kappa shape index (κ1) is 19.5. The van der Waals surface area contributed by atoms with Gasteiger partial charge in [-0.1, -0.05) is 12.7 Å². The fourth-order valence-corrected chi connectivity index (χ4v) is 3.24. The van der Waals surface area contributed by atoms with Crippen LogP contribution < -0.4 is 4.74 Å². The molecule has 0 saturated heterocycles. The molecular formula is C17H11F4NO3S. The highest BCUT2D eigenvalue weighted by Crippen LogP contribution is 2.37. The van der Waals surface area contributed by atoms with E-state index >= 15 is 0 Å². The van der Waals surface area contributed by atoms with Crippen molar-refractivity contribution < 1.29 is 30.7 Å². The third kappa shape index (κ3) is 3.55. The summed E-state index contributed by atoms with van der Waals surface area (Å²) in [6.07, 6.45) is 0.965. The van der Waals surface area contributed by atoms with E-state index in [0.29, 0.717) is 0 Å². The van der Waals surface area contributed by atoms with E-state index in [1.54, 1.807) is 6.07 Å². The second kappa shape index (κ2) is 6.80. The normalized spacial score (nSPS) is 11.7.